The Balaban J connectivity index is 2.06. The van der Waals surface area contributed by atoms with Crippen LogP contribution in [-0.2, 0) is 12.8 Å². The van der Waals surface area contributed by atoms with Crippen LogP contribution in [0.25, 0.3) is 0 Å². The lowest BCUT2D eigenvalue weighted by atomic mass is 9.75. The fourth-order valence-corrected chi connectivity index (χ4v) is 3.81. The van der Waals surface area contributed by atoms with Crippen molar-refractivity contribution in [3.63, 3.8) is 0 Å². The van der Waals surface area contributed by atoms with Gasteiger partial charge in [0.15, 0.2) is 0 Å². The third kappa shape index (κ3) is 3.85. The highest BCUT2D eigenvalue weighted by Gasteiger charge is 2.28. The average molecular weight is 273 g/mol. The van der Waals surface area contributed by atoms with Crippen LogP contribution in [0.5, 0.6) is 0 Å². The van der Waals surface area contributed by atoms with Crippen molar-refractivity contribution in [1.29, 1.82) is 0 Å². The Hall–Kier alpha value is -0.820. The molecule has 1 N–H and O–H groups in total. The molecule has 0 spiro atoms. The predicted molar refractivity (Wildman–Crippen MR) is 88.1 cm³/mol. The third-order valence-electron chi connectivity index (χ3n) is 4.88. The van der Waals surface area contributed by atoms with Crippen LogP contribution < -0.4 is 5.32 Å². The summed E-state index contributed by atoms with van der Waals surface area (Å²) in [5, 5.41) is 3.85. The summed E-state index contributed by atoms with van der Waals surface area (Å²) in [4.78, 5) is 0. The molecule has 0 saturated carbocycles. The molecular formula is C19H31N. The molecule has 2 rings (SSSR count). The molecule has 0 saturated heterocycles. The minimum Gasteiger partial charge on any atom is -0.313 e. The van der Waals surface area contributed by atoms with Crippen molar-refractivity contribution >= 4 is 0 Å². The Kier molecular flexibility index (Phi) is 6.09. The molecule has 0 fully saturated rings. The van der Waals surface area contributed by atoms with Crippen LogP contribution in [0.3, 0.4) is 0 Å². The van der Waals surface area contributed by atoms with Crippen molar-refractivity contribution in [2.75, 3.05) is 6.54 Å². The van der Waals surface area contributed by atoms with Gasteiger partial charge in [0.25, 0.3) is 0 Å². The Morgan fingerprint density at radius 2 is 1.90 bits per heavy atom. The van der Waals surface area contributed by atoms with Crippen LogP contribution in [-0.4, -0.2) is 12.6 Å². The Labute approximate surface area is 125 Å². The van der Waals surface area contributed by atoms with Crippen molar-refractivity contribution in [3.05, 3.63) is 35.4 Å². The van der Waals surface area contributed by atoms with Crippen LogP contribution in [0.15, 0.2) is 24.3 Å². The Bertz CT molecular complexity index is 399. The molecule has 1 nitrogen and oxygen atoms in total. The van der Waals surface area contributed by atoms with E-state index in [0.717, 1.165) is 18.4 Å². The van der Waals surface area contributed by atoms with Crippen molar-refractivity contribution in [2.45, 2.75) is 65.3 Å². The molecule has 1 aromatic carbocycles. The topological polar surface area (TPSA) is 12.0 Å². The first-order valence-electron chi connectivity index (χ1n) is 8.56. The summed E-state index contributed by atoms with van der Waals surface area (Å²) >= 11 is 0. The van der Waals surface area contributed by atoms with Crippen molar-refractivity contribution in [2.24, 2.45) is 11.8 Å². The summed E-state index contributed by atoms with van der Waals surface area (Å²) in [6, 6.07) is 9.73. The maximum absolute atomic E-state index is 3.85. The largest absolute Gasteiger partial charge is 0.313 e. The first kappa shape index (κ1) is 15.6. The van der Waals surface area contributed by atoms with Gasteiger partial charge in [-0.25, -0.2) is 0 Å². The Morgan fingerprint density at radius 3 is 2.60 bits per heavy atom. The summed E-state index contributed by atoms with van der Waals surface area (Å²) in [5.74, 6) is 1.61. The fraction of sp³-hybridized carbons (Fsp3) is 0.684. The lowest BCUT2D eigenvalue weighted by Gasteiger charge is -2.36. The number of nitrogens with one attached hydrogen (secondary N) is 1. The second-order valence-corrected chi connectivity index (χ2v) is 6.52. The van der Waals surface area contributed by atoms with Gasteiger partial charge in [0, 0.05) is 6.04 Å². The quantitative estimate of drug-likeness (QED) is 0.766. The average Bonchev–Trinajstić information content (AvgIpc) is 2.48. The van der Waals surface area contributed by atoms with Crippen LogP contribution in [0.4, 0.5) is 0 Å². The van der Waals surface area contributed by atoms with E-state index in [1.807, 2.05) is 0 Å². The van der Waals surface area contributed by atoms with Crippen LogP contribution in [0.1, 0.15) is 57.6 Å². The van der Waals surface area contributed by atoms with E-state index in [2.05, 4.69) is 50.4 Å². The molecule has 1 aromatic rings. The zero-order valence-corrected chi connectivity index (χ0v) is 13.5. The number of fused-ring (bicyclic) bond motifs is 1. The highest BCUT2D eigenvalue weighted by molar-refractivity contribution is 5.30. The maximum Gasteiger partial charge on any atom is 0.0124 e. The van der Waals surface area contributed by atoms with Crippen molar-refractivity contribution < 1.29 is 0 Å². The maximum atomic E-state index is 3.85. The molecule has 20 heavy (non-hydrogen) atoms. The standard InChI is InChI=1S/C19H31N/c1-4-8-15(3)19(20-13-5-2)18-12-11-16-9-6-7-10-17(16)14-18/h6-7,9-10,15,18-20H,4-5,8,11-14H2,1-3H3. The molecule has 3 unspecified atom stereocenters. The molecule has 0 bridgehead atoms. The van der Waals surface area contributed by atoms with Gasteiger partial charge in [0.1, 0.15) is 0 Å². The lowest BCUT2D eigenvalue weighted by Crippen LogP contribution is -2.43. The van der Waals surface area contributed by atoms with Crippen LogP contribution in [0.2, 0.25) is 0 Å². The summed E-state index contributed by atoms with van der Waals surface area (Å²) in [6.07, 6.45) is 7.77. The monoisotopic (exact) mass is 273 g/mol. The van der Waals surface area contributed by atoms with Gasteiger partial charge in [-0.3, -0.25) is 0 Å². The van der Waals surface area contributed by atoms with Gasteiger partial charge in [-0.05, 0) is 61.6 Å². The highest BCUT2D eigenvalue weighted by Crippen LogP contribution is 2.31. The molecule has 0 amide bonds. The molecule has 0 radical (unpaired) electrons. The number of rotatable bonds is 7. The van der Waals surface area contributed by atoms with Gasteiger partial charge in [-0.15, -0.1) is 0 Å². The van der Waals surface area contributed by atoms with E-state index in [0.29, 0.717) is 6.04 Å². The second kappa shape index (κ2) is 7.83. The second-order valence-electron chi connectivity index (χ2n) is 6.52. The van der Waals surface area contributed by atoms with E-state index >= 15 is 0 Å². The van der Waals surface area contributed by atoms with Crippen LogP contribution >= 0.6 is 0 Å². The minimum absolute atomic E-state index is 0.697. The summed E-state index contributed by atoms with van der Waals surface area (Å²) in [6.45, 7) is 8.18. The SMILES string of the molecule is CCCNC(C(C)CCC)C1CCc2ccccc2C1. The normalized spacial score (nSPS) is 21.2. The van der Waals surface area contributed by atoms with Gasteiger partial charge in [-0.1, -0.05) is 51.5 Å². The lowest BCUT2D eigenvalue weighted by molar-refractivity contribution is 0.238. The van der Waals surface area contributed by atoms with Crippen molar-refractivity contribution in [1.82, 2.24) is 5.32 Å². The summed E-state index contributed by atoms with van der Waals surface area (Å²) in [5.41, 5.74) is 3.18. The van der Waals surface area contributed by atoms with E-state index in [1.54, 1.807) is 11.1 Å². The molecule has 1 aliphatic carbocycles. The van der Waals surface area contributed by atoms with Gasteiger partial charge >= 0.3 is 0 Å². The van der Waals surface area contributed by atoms with Gasteiger partial charge < -0.3 is 5.32 Å². The van der Waals surface area contributed by atoms with Gasteiger partial charge in [-0.2, -0.15) is 0 Å². The molecule has 112 valence electrons. The number of hydrogen-bond donors (Lipinski definition) is 1. The van der Waals surface area contributed by atoms with Crippen molar-refractivity contribution in [3.8, 4) is 0 Å². The fourth-order valence-electron chi connectivity index (χ4n) is 3.81. The zero-order chi connectivity index (χ0) is 14.4. The first-order valence-corrected chi connectivity index (χ1v) is 8.56. The van der Waals surface area contributed by atoms with Gasteiger partial charge in [0.05, 0.1) is 0 Å². The molecular weight excluding hydrogens is 242 g/mol. The molecule has 1 heteroatoms. The smallest absolute Gasteiger partial charge is 0.0124 e. The van der Waals surface area contributed by atoms with Crippen LogP contribution in [0, 0.1) is 11.8 Å². The van der Waals surface area contributed by atoms with E-state index in [-0.39, 0.29) is 0 Å². The zero-order valence-electron chi connectivity index (χ0n) is 13.5. The molecule has 3 atom stereocenters. The first-order chi connectivity index (χ1) is 9.76. The molecule has 0 aromatic heterocycles. The molecule has 1 aliphatic rings. The minimum atomic E-state index is 0.697. The molecule has 0 heterocycles. The summed E-state index contributed by atoms with van der Waals surface area (Å²) < 4.78 is 0. The Morgan fingerprint density at radius 1 is 1.15 bits per heavy atom. The van der Waals surface area contributed by atoms with E-state index < -0.39 is 0 Å². The number of hydrogen-bond acceptors (Lipinski definition) is 1. The molecule has 0 aliphatic heterocycles. The number of benzene rings is 1. The van der Waals surface area contributed by atoms with Gasteiger partial charge in [0.2, 0.25) is 0 Å². The third-order valence-corrected chi connectivity index (χ3v) is 4.88. The highest BCUT2D eigenvalue weighted by atomic mass is 14.9. The summed E-state index contributed by atoms with van der Waals surface area (Å²) in [7, 11) is 0. The number of aryl methyl sites for hydroxylation is 1. The van der Waals surface area contributed by atoms with E-state index in [1.165, 1.54) is 38.5 Å². The van der Waals surface area contributed by atoms with E-state index in [4.69, 9.17) is 0 Å². The predicted octanol–water partition coefficient (Wildman–Crippen LogP) is 4.60. The van der Waals surface area contributed by atoms with E-state index in [9.17, 15) is 0 Å².